The monoisotopic (exact) mass is 108 g/mol. The predicted octanol–water partition coefficient (Wildman–Crippen LogP) is 2.10. The molecule has 0 aliphatic rings. The maximum atomic E-state index is 11.5. The number of hydrogen-bond donors (Lipinski definition) is 0. The molecule has 0 amide bonds. The molecule has 0 aromatic carbocycles. The van der Waals surface area contributed by atoms with E-state index in [9.17, 15) is 4.39 Å². The zero-order valence-electron chi connectivity index (χ0n) is 3.54. The molecule has 0 saturated heterocycles. The van der Waals surface area contributed by atoms with Gasteiger partial charge in [0.1, 0.15) is 0 Å². The summed E-state index contributed by atoms with van der Waals surface area (Å²) in [6, 6.07) is 0. The fourth-order valence-corrected chi connectivity index (χ4v) is 0.319. The van der Waals surface area contributed by atoms with Crippen molar-refractivity contribution >= 4 is 11.6 Å². The molecule has 0 unspecified atom stereocenters. The number of allylic oxidation sites excluding steroid dienone is 2. The molecule has 0 N–H and O–H groups in total. The third kappa shape index (κ3) is 3.96. The molecule has 6 heavy (non-hydrogen) atoms. The van der Waals surface area contributed by atoms with Crippen molar-refractivity contribution in [3.8, 4) is 0 Å². The average molecular weight is 109 g/mol. The summed E-state index contributed by atoms with van der Waals surface area (Å²) >= 11 is 5.08. The molecule has 0 aliphatic carbocycles. The number of halogens is 2. The first-order chi connectivity index (χ1) is 2.77. The zero-order chi connectivity index (χ0) is 4.99. The van der Waals surface area contributed by atoms with Gasteiger partial charge in [-0.3, -0.25) is 0 Å². The highest BCUT2D eigenvalue weighted by atomic mass is 35.5. The highest BCUT2D eigenvalue weighted by molar-refractivity contribution is 6.18. The van der Waals surface area contributed by atoms with Crippen LogP contribution in [0.15, 0.2) is 11.9 Å². The standard InChI is InChI=1S/C4H6ClF/c1-4(6)2-3-5/h2H,3H2,1H3/b4-2+. The van der Waals surface area contributed by atoms with Crippen LogP contribution in [0.2, 0.25) is 0 Å². The molecular weight excluding hydrogens is 102 g/mol. The lowest BCUT2D eigenvalue weighted by Crippen LogP contribution is -1.60. The lowest BCUT2D eigenvalue weighted by atomic mass is 10.5. The van der Waals surface area contributed by atoms with Crippen LogP contribution in [-0.2, 0) is 0 Å². The molecular formula is C4H6ClF. The Morgan fingerprint density at radius 3 is 2.50 bits per heavy atom. The van der Waals surface area contributed by atoms with Crippen LogP contribution in [0.5, 0.6) is 0 Å². The van der Waals surface area contributed by atoms with Gasteiger partial charge >= 0.3 is 0 Å². The van der Waals surface area contributed by atoms with E-state index in [2.05, 4.69) is 0 Å². The largest absolute Gasteiger partial charge is 0.212 e. The van der Waals surface area contributed by atoms with Gasteiger partial charge in [0.2, 0.25) is 0 Å². The summed E-state index contributed by atoms with van der Waals surface area (Å²) in [5, 5.41) is 0. The van der Waals surface area contributed by atoms with Crippen molar-refractivity contribution in [3.63, 3.8) is 0 Å². The molecule has 36 valence electrons. The number of rotatable bonds is 1. The highest BCUT2D eigenvalue weighted by Crippen LogP contribution is 1.91. The van der Waals surface area contributed by atoms with Crippen LogP contribution >= 0.6 is 11.6 Å². The lowest BCUT2D eigenvalue weighted by molar-refractivity contribution is 0.638. The molecule has 0 rings (SSSR count). The van der Waals surface area contributed by atoms with E-state index in [1.165, 1.54) is 13.0 Å². The summed E-state index contributed by atoms with van der Waals surface area (Å²) < 4.78 is 11.5. The van der Waals surface area contributed by atoms with Gasteiger partial charge < -0.3 is 0 Å². The van der Waals surface area contributed by atoms with Gasteiger partial charge in [0.25, 0.3) is 0 Å². The summed E-state index contributed by atoms with van der Waals surface area (Å²) in [5.41, 5.74) is 0. The van der Waals surface area contributed by atoms with Crippen molar-refractivity contribution < 1.29 is 4.39 Å². The molecule has 0 aliphatic heterocycles. The van der Waals surface area contributed by atoms with E-state index in [4.69, 9.17) is 11.6 Å². The molecule has 0 spiro atoms. The topological polar surface area (TPSA) is 0 Å². The smallest absolute Gasteiger partial charge is 0.0940 e. The van der Waals surface area contributed by atoms with E-state index in [-0.39, 0.29) is 11.7 Å². The van der Waals surface area contributed by atoms with Gasteiger partial charge in [-0.25, -0.2) is 4.39 Å². The Balaban J connectivity index is 3.14. The van der Waals surface area contributed by atoms with Crippen molar-refractivity contribution in [1.29, 1.82) is 0 Å². The van der Waals surface area contributed by atoms with Crippen molar-refractivity contribution in [1.82, 2.24) is 0 Å². The fourth-order valence-electron chi connectivity index (χ4n) is 0.106. The minimum absolute atomic E-state index is 0.218. The Labute approximate surface area is 41.6 Å². The van der Waals surface area contributed by atoms with Gasteiger partial charge in [-0.2, -0.15) is 0 Å². The fraction of sp³-hybridized carbons (Fsp3) is 0.500. The predicted molar refractivity (Wildman–Crippen MR) is 25.6 cm³/mol. The second-order valence-electron chi connectivity index (χ2n) is 0.945. The Hall–Kier alpha value is -0.0400. The maximum Gasteiger partial charge on any atom is 0.0940 e. The zero-order valence-corrected chi connectivity index (χ0v) is 4.30. The van der Waals surface area contributed by atoms with Crippen LogP contribution in [-0.4, -0.2) is 5.88 Å². The summed E-state index contributed by atoms with van der Waals surface area (Å²) in [6.45, 7) is 1.36. The molecule has 0 radical (unpaired) electrons. The second kappa shape index (κ2) is 3.16. The first-order valence-corrected chi connectivity index (χ1v) is 2.19. The quantitative estimate of drug-likeness (QED) is 0.452. The summed E-state index contributed by atoms with van der Waals surface area (Å²) in [4.78, 5) is 0. The van der Waals surface area contributed by atoms with Crippen LogP contribution in [0.4, 0.5) is 4.39 Å². The normalized spacial score (nSPS) is 12.2. The first-order valence-electron chi connectivity index (χ1n) is 1.65. The van der Waals surface area contributed by atoms with Crippen molar-refractivity contribution in [2.45, 2.75) is 6.92 Å². The average Bonchev–Trinajstić information content (AvgIpc) is 1.35. The molecule has 0 aromatic rings. The Bertz CT molecular complexity index is 54.6. The van der Waals surface area contributed by atoms with E-state index < -0.39 is 0 Å². The maximum absolute atomic E-state index is 11.5. The lowest BCUT2D eigenvalue weighted by Gasteiger charge is -1.74. The molecule has 0 aromatic heterocycles. The second-order valence-corrected chi connectivity index (χ2v) is 1.25. The number of alkyl halides is 1. The van der Waals surface area contributed by atoms with Crippen LogP contribution in [0.25, 0.3) is 0 Å². The van der Waals surface area contributed by atoms with Crippen LogP contribution < -0.4 is 0 Å². The Morgan fingerprint density at radius 1 is 2.00 bits per heavy atom. The molecule has 0 saturated carbocycles. The summed E-state index contributed by atoms with van der Waals surface area (Å²) in [6.07, 6.45) is 1.31. The van der Waals surface area contributed by atoms with Crippen molar-refractivity contribution in [3.05, 3.63) is 11.9 Å². The van der Waals surface area contributed by atoms with E-state index in [1.54, 1.807) is 0 Å². The van der Waals surface area contributed by atoms with Gasteiger partial charge in [-0.05, 0) is 13.0 Å². The molecule has 0 atom stereocenters. The third-order valence-electron chi connectivity index (χ3n) is 0.358. The Morgan fingerprint density at radius 2 is 2.50 bits per heavy atom. The molecule has 0 nitrogen and oxygen atoms in total. The minimum Gasteiger partial charge on any atom is -0.212 e. The molecule has 0 heterocycles. The molecule has 0 bridgehead atoms. The van der Waals surface area contributed by atoms with Gasteiger partial charge in [-0.15, -0.1) is 11.6 Å². The van der Waals surface area contributed by atoms with Crippen molar-refractivity contribution in [2.75, 3.05) is 5.88 Å². The van der Waals surface area contributed by atoms with Gasteiger partial charge in [-0.1, -0.05) is 0 Å². The summed E-state index contributed by atoms with van der Waals surface area (Å²) in [5.74, 6) is 0.0486. The Kier molecular flexibility index (Phi) is 3.14. The van der Waals surface area contributed by atoms with E-state index in [0.717, 1.165) is 0 Å². The molecule has 2 heteroatoms. The SMILES string of the molecule is C/C(F)=C\CCl. The van der Waals surface area contributed by atoms with Crippen LogP contribution in [0.3, 0.4) is 0 Å². The van der Waals surface area contributed by atoms with Gasteiger partial charge in [0.15, 0.2) is 0 Å². The number of hydrogen-bond acceptors (Lipinski definition) is 0. The van der Waals surface area contributed by atoms with Gasteiger partial charge in [0, 0.05) is 5.88 Å². The van der Waals surface area contributed by atoms with Gasteiger partial charge in [0.05, 0.1) is 5.83 Å². The van der Waals surface area contributed by atoms with E-state index in [1.807, 2.05) is 0 Å². The first kappa shape index (κ1) is 5.96. The van der Waals surface area contributed by atoms with E-state index in [0.29, 0.717) is 0 Å². The van der Waals surface area contributed by atoms with Crippen LogP contribution in [0, 0.1) is 0 Å². The van der Waals surface area contributed by atoms with Crippen molar-refractivity contribution in [2.24, 2.45) is 0 Å². The molecule has 0 fully saturated rings. The van der Waals surface area contributed by atoms with Crippen LogP contribution in [0.1, 0.15) is 6.92 Å². The minimum atomic E-state index is -0.218. The highest BCUT2D eigenvalue weighted by Gasteiger charge is 1.74. The summed E-state index contributed by atoms with van der Waals surface area (Å²) in [7, 11) is 0. The third-order valence-corrected chi connectivity index (χ3v) is 0.513. The van der Waals surface area contributed by atoms with E-state index >= 15 is 0 Å².